The Morgan fingerprint density at radius 2 is 1.88 bits per heavy atom. The fourth-order valence-corrected chi connectivity index (χ4v) is 3.08. The molecule has 4 nitrogen and oxygen atoms in total. The minimum Gasteiger partial charge on any atom is -0.392 e. The summed E-state index contributed by atoms with van der Waals surface area (Å²) in [5, 5.41) is 12.3. The van der Waals surface area contributed by atoms with Gasteiger partial charge in [0.05, 0.1) is 12.1 Å². The van der Waals surface area contributed by atoms with E-state index in [1.165, 1.54) is 12.1 Å². The Kier molecular flexibility index (Phi) is 4.92. The minimum atomic E-state index is -0.571. The maximum atomic E-state index is 13.3. The predicted octanol–water partition coefficient (Wildman–Crippen LogP) is 2.75. The van der Waals surface area contributed by atoms with Crippen LogP contribution in [0.5, 0.6) is 0 Å². The van der Waals surface area contributed by atoms with E-state index in [1.54, 1.807) is 36.4 Å². The first-order chi connectivity index (χ1) is 11.6. The van der Waals surface area contributed by atoms with E-state index >= 15 is 0 Å². The van der Waals surface area contributed by atoms with Crippen LogP contribution in [0, 0.1) is 5.82 Å². The fraction of sp³-hybridized carbons (Fsp3) is 0.316. The molecule has 2 N–H and O–H groups in total. The SMILES string of the molecule is O=C(NC1(c2ccc(F)cc2)CCOCC1)c1cccc(CO)c1. The molecule has 126 valence electrons. The molecule has 0 radical (unpaired) electrons. The maximum absolute atomic E-state index is 13.3. The lowest BCUT2D eigenvalue weighted by atomic mass is 9.82. The van der Waals surface area contributed by atoms with Gasteiger partial charge in [-0.05, 0) is 48.2 Å². The van der Waals surface area contributed by atoms with Gasteiger partial charge in [-0.1, -0.05) is 24.3 Å². The van der Waals surface area contributed by atoms with Gasteiger partial charge in [-0.3, -0.25) is 4.79 Å². The second-order valence-corrected chi connectivity index (χ2v) is 6.01. The number of aliphatic hydroxyl groups excluding tert-OH is 1. The number of ether oxygens (including phenoxy) is 1. The molecule has 24 heavy (non-hydrogen) atoms. The highest BCUT2D eigenvalue weighted by Gasteiger charge is 2.36. The number of nitrogens with one attached hydrogen (secondary N) is 1. The summed E-state index contributed by atoms with van der Waals surface area (Å²) in [5.74, 6) is -0.514. The number of hydrogen-bond donors (Lipinski definition) is 2. The molecular weight excluding hydrogens is 309 g/mol. The molecule has 2 aromatic carbocycles. The lowest BCUT2D eigenvalue weighted by Crippen LogP contribution is -2.49. The highest BCUT2D eigenvalue weighted by Crippen LogP contribution is 2.32. The van der Waals surface area contributed by atoms with Crippen molar-refractivity contribution >= 4 is 5.91 Å². The normalized spacial score (nSPS) is 16.6. The first-order valence-corrected chi connectivity index (χ1v) is 7.99. The van der Waals surface area contributed by atoms with E-state index in [0.29, 0.717) is 37.2 Å². The molecule has 0 aliphatic carbocycles. The molecule has 2 aromatic rings. The quantitative estimate of drug-likeness (QED) is 0.907. The van der Waals surface area contributed by atoms with E-state index in [2.05, 4.69) is 5.32 Å². The molecule has 0 saturated carbocycles. The molecule has 0 spiro atoms. The van der Waals surface area contributed by atoms with Crippen LogP contribution in [0.3, 0.4) is 0 Å². The number of benzene rings is 2. The molecule has 1 fully saturated rings. The van der Waals surface area contributed by atoms with Crippen LogP contribution in [-0.2, 0) is 16.9 Å². The maximum Gasteiger partial charge on any atom is 0.251 e. The predicted molar refractivity (Wildman–Crippen MR) is 88.0 cm³/mol. The number of rotatable bonds is 4. The summed E-state index contributed by atoms with van der Waals surface area (Å²) >= 11 is 0. The summed E-state index contributed by atoms with van der Waals surface area (Å²) in [4.78, 5) is 12.7. The number of carbonyl (C=O) groups is 1. The van der Waals surface area contributed by atoms with Crippen molar-refractivity contribution < 1.29 is 19.0 Å². The third-order valence-corrected chi connectivity index (χ3v) is 4.47. The summed E-state index contributed by atoms with van der Waals surface area (Å²) in [5.41, 5.74) is 1.48. The van der Waals surface area contributed by atoms with E-state index < -0.39 is 5.54 Å². The molecule has 0 aromatic heterocycles. The van der Waals surface area contributed by atoms with Gasteiger partial charge < -0.3 is 15.2 Å². The molecule has 1 aliphatic rings. The van der Waals surface area contributed by atoms with E-state index in [-0.39, 0.29) is 18.3 Å². The molecule has 0 bridgehead atoms. The highest BCUT2D eigenvalue weighted by atomic mass is 19.1. The second-order valence-electron chi connectivity index (χ2n) is 6.01. The van der Waals surface area contributed by atoms with Gasteiger partial charge in [-0.15, -0.1) is 0 Å². The van der Waals surface area contributed by atoms with E-state index in [4.69, 9.17) is 4.74 Å². The highest BCUT2D eigenvalue weighted by molar-refractivity contribution is 5.95. The van der Waals surface area contributed by atoms with Crippen LogP contribution in [0.4, 0.5) is 4.39 Å². The van der Waals surface area contributed by atoms with Crippen molar-refractivity contribution in [3.05, 3.63) is 71.0 Å². The van der Waals surface area contributed by atoms with Crippen LogP contribution < -0.4 is 5.32 Å². The molecular formula is C19H20FNO3. The molecule has 1 saturated heterocycles. The van der Waals surface area contributed by atoms with Crippen molar-refractivity contribution in [1.29, 1.82) is 0 Å². The number of hydrogen-bond acceptors (Lipinski definition) is 3. The average Bonchev–Trinajstić information content (AvgIpc) is 2.63. The first kappa shape index (κ1) is 16.6. The lowest BCUT2D eigenvalue weighted by Gasteiger charge is -2.38. The first-order valence-electron chi connectivity index (χ1n) is 7.99. The summed E-state index contributed by atoms with van der Waals surface area (Å²) in [6.07, 6.45) is 1.26. The van der Waals surface area contributed by atoms with Crippen molar-refractivity contribution in [2.75, 3.05) is 13.2 Å². The molecule has 1 amide bonds. The Hall–Kier alpha value is -2.24. The fourth-order valence-electron chi connectivity index (χ4n) is 3.08. The van der Waals surface area contributed by atoms with Crippen LogP contribution in [0.2, 0.25) is 0 Å². The van der Waals surface area contributed by atoms with Crippen molar-refractivity contribution in [1.82, 2.24) is 5.32 Å². The van der Waals surface area contributed by atoms with Crippen molar-refractivity contribution in [3.63, 3.8) is 0 Å². The third-order valence-electron chi connectivity index (χ3n) is 4.47. The van der Waals surface area contributed by atoms with E-state index in [0.717, 1.165) is 5.56 Å². The van der Waals surface area contributed by atoms with Crippen molar-refractivity contribution in [2.24, 2.45) is 0 Å². The summed E-state index contributed by atoms with van der Waals surface area (Å²) in [6, 6.07) is 13.1. The van der Waals surface area contributed by atoms with Gasteiger partial charge in [0.1, 0.15) is 5.82 Å². The Bertz CT molecular complexity index is 709. The number of halogens is 1. The van der Waals surface area contributed by atoms with E-state index in [9.17, 15) is 14.3 Å². The molecule has 5 heteroatoms. The average molecular weight is 329 g/mol. The number of amides is 1. The minimum absolute atomic E-state index is 0.113. The Morgan fingerprint density at radius 3 is 2.54 bits per heavy atom. The number of carbonyl (C=O) groups excluding carboxylic acids is 1. The van der Waals surface area contributed by atoms with Gasteiger partial charge in [0, 0.05) is 18.8 Å². The van der Waals surface area contributed by atoms with Gasteiger partial charge in [0.25, 0.3) is 5.91 Å². The van der Waals surface area contributed by atoms with Crippen LogP contribution in [0.15, 0.2) is 48.5 Å². The lowest BCUT2D eigenvalue weighted by molar-refractivity contribution is 0.0345. The largest absolute Gasteiger partial charge is 0.392 e. The van der Waals surface area contributed by atoms with Gasteiger partial charge in [0.15, 0.2) is 0 Å². The summed E-state index contributed by atoms with van der Waals surface area (Å²) in [6.45, 7) is 0.959. The standard InChI is InChI=1S/C19H20FNO3/c20-17-6-4-16(5-7-17)19(8-10-24-11-9-19)21-18(23)15-3-1-2-14(12-15)13-22/h1-7,12,22H,8-11,13H2,(H,21,23). The van der Waals surface area contributed by atoms with Crippen molar-refractivity contribution in [2.45, 2.75) is 25.0 Å². The smallest absolute Gasteiger partial charge is 0.251 e. The Morgan fingerprint density at radius 1 is 1.17 bits per heavy atom. The Balaban J connectivity index is 1.89. The molecule has 1 heterocycles. The topological polar surface area (TPSA) is 58.6 Å². The van der Waals surface area contributed by atoms with E-state index in [1.807, 2.05) is 0 Å². The molecule has 0 atom stereocenters. The molecule has 1 aliphatic heterocycles. The zero-order valence-corrected chi connectivity index (χ0v) is 13.3. The second kappa shape index (κ2) is 7.11. The number of aliphatic hydroxyl groups is 1. The van der Waals surface area contributed by atoms with Gasteiger partial charge in [-0.2, -0.15) is 0 Å². The third kappa shape index (κ3) is 3.47. The Labute approximate surface area is 140 Å². The van der Waals surface area contributed by atoms with Gasteiger partial charge in [0.2, 0.25) is 0 Å². The summed E-state index contributed by atoms with van der Waals surface area (Å²) < 4.78 is 18.7. The van der Waals surface area contributed by atoms with Gasteiger partial charge >= 0.3 is 0 Å². The van der Waals surface area contributed by atoms with Crippen LogP contribution >= 0.6 is 0 Å². The van der Waals surface area contributed by atoms with Crippen LogP contribution in [0.25, 0.3) is 0 Å². The molecule has 0 unspecified atom stereocenters. The summed E-state index contributed by atoms with van der Waals surface area (Å²) in [7, 11) is 0. The monoisotopic (exact) mass is 329 g/mol. The zero-order chi connectivity index (χ0) is 17.0. The van der Waals surface area contributed by atoms with Crippen molar-refractivity contribution in [3.8, 4) is 0 Å². The van der Waals surface area contributed by atoms with Gasteiger partial charge in [-0.25, -0.2) is 4.39 Å². The van der Waals surface area contributed by atoms with Crippen LogP contribution in [0.1, 0.15) is 34.3 Å². The molecule has 3 rings (SSSR count). The van der Waals surface area contributed by atoms with Crippen LogP contribution in [-0.4, -0.2) is 24.2 Å². The zero-order valence-electron chi connectivity index (χ0n) is 13.3.